The van der Waals surface area contributed by atoms with Gasteiger partial charge < -0.3 is 10.8 Å². The van der Waals surface area contributed by atoms with Crippen LogP contribution in [0.5, 0.6) is 0 Å². The summed E-state index contributed by atoms with van der Waals surface area (Å²) in [7, 11) is -2.70. The molecule has 0 rings (SSSR count). The van der Waals surface area contributed by atoms with Gasteiger partial charge in [0.05, 0.1) is 0 Å². The number of primary amides is 1. The minimum atomic E-state index is -2.70. The number of hydrogen-bond donors (Lipinski definition) is 2. The predicted molar refractivity (Wildman–Crippen MR) is 34.2 cm³/mol. The van der Waals surface area contributed by atoms with E-state index in [0.29, 0.717) is 0 Å². The lowest BCUT2D eigenvalue weighted by molar-refractivity contribution is -0.134. The molecule has 0 heterocycles. The number of carbonyl (C=O) groups excluding carboxylic acids is 1. The number of carboxylic acid groups (broad SMARTS) is 1. The van der Waals surface area contributed by atoms with E-state index in [2.05, 4.69) is 10.1 Å². The first kappa shape index (κ1) is 12.3. The van der Waals surface area contributed by atoms with Crippen LogP contribution >= 0.6 is 0 Å². The highest BCUT2D eigenvalue weighted by atomic mass is 32.2. The molecule has 0 bridgehead atoms. The zero-order chi connectivity index (χ0) is 9.44. The minimum Gasteiger partial charge on any atom is -0.481 e. The highest BCUT2D eigenvalue weighted by molar-refractivity contribution is 7.62. The molecule has 0 aliphatic carbocycles. The third kappa shape index (κ3) is 56.2. The van der Waals surface area contributed by atoms with Gasteiger partial charge in [-0.3, -0.25) is 4.79 Å². The van der Waals surface area contributed by atoms with E-state index in [1.54, 1.807) is 0 Å². The second-order valence-corrected chi connectivity index (χ2v) is 1.78. The number of nitrogens with zero attached hydrogens (tertiary/aromatic N) is 1. The van der Waals surface area contributed by atoms with Crippen molar-refractivity contribution in [3.05, 3.63) is 0 Å². The van der Waals surface area contributed by atoms with Crippen molar-refractivity contribution in [2.75, 3.05) is 0 Å². The highest BCUT2D eigenvalue weighted by Gasteiger charge is 1.80. The normalized spacial score (nSPS) is 7.00. The smallest absolute Gasteiger partial charge is 0.353 e. The van der Waals surface area contributed by atoms with E-state index in [1.807, 2.05) is 0 Å². The minimum absolute atomic E-state index is 0.833. The van der Waals surface area contributed by atoms with Gasteiger partial charge in [0, 0.05) is 6.92 Å². The van der Waals surface area contributed by atoms with Crippen molar-refractivity contribution in [2.24, 2.45) is 10.1 Å². The number of nitrogens with two attached hydrogens (primary N) is 1. The van der Waals surface area contributed by atoms with Crippen molar-refractivity contribution in [3.63, 3.8) is 0 Å². The Bertz CT molecular complexity index is 253. The van der Waals surface area contributed by atoms with Gasteiger partial charge in [0.1, 0.15) is 0 Å². The lowest BCUT2D eigenvalue weighted by Gasteiger charge is -1.64. The van der Waals surface area contributed by atoms with Crippen molar-refractivity contribution in [1.82, 2.24) is 0 Å². The molecule has 0 aliphatic rings. The summed E-state index contributed by atoms with van der Waals surface area (Å²) < 4.78 is 21.0. The second-order valence-electron chi connectivity index (χ2n) is 1.17. The number of aliphatic carboxylic acids is 1. The first-order chi connectivity index (χ1) is 4.86. The fourth-order valence-electron chi connectivity index (χ4n) is 0.0735. The average Bonchev–Trinajstić information content (AvgIpc) is 1.56. The van der Waals surface area contributed by atoms with E-state index in [0.717, 1.165) is 6.92 Å². The lowest BCUT2D eigenvalue weighted by Crippen LogP contribution is -2.02. The first-order valence-corrected chi connectivity index (χ1v) is 3.19. The van der Waals surface area contributed by atoms with Gasteiger partial charge in [0.2, 0.25) is 0 Å². The Balaban J connectivity index is 0. The molecule has 0 aliphatic heterocycles. The molecule has 0 fully saturated rings. The van der Waals surface area contributed by atoms with E-state index in [1.165, 1.54) is 0 Å². The molecule has 0 saturated heterocycles. The Morgan fingerprint density at radius 2 is 1.73 bits per heavy atom. The first-order valence-electron chi connectivity index (χ1n) is 2.16. The number of amides is 2. The molecule has 0 saturated carbocycles. The summed E-state index contributed by atoms with van der Waals surface area (Å²) in [6.07, 6.45) is 0. The summed E-state index contributed by atoms with van der Waals surface area (Å²) in [5, 5.41) is 7.42. The average molecular weight is 182 g/mol. The van der Waals surface area contributed by atoms with Crippen LogP contribution in [-0.4, -0.2) is 25.5 Å². The standard InChI is InChI=1S/C2H4O2.CH2N2O3S/c1-2(3)4;2-1(4)3-7(5)6/h1H3,(H,3,4);(H2,2,4). The summed E-state index contributed by atoms with van der Waals surface area (Å²) in [5.41, 5.74) is 4.29. The van der Waals surface area contributed by atoms with Crippen LogP contribution in [0.15, 0.2) is 4.36 Å². The molecule has 0 aromatic heterocycles. The maximum Gasteiger partial charge on any atom is 0.353 e. The Hall–Kier alpha value is -1.44. The summed E-state index contributed by atoms with van der Waals surface area (Å²) in [4.78, 5) is 18.5. The van der Waals surface area contributed by atoms with Crippen molar-refractivity contribution in [1.29, 1.82) is 0 Å². The summed E-state index contributed by atoms with van der Waals surface area (Å²) in [5.74, 6) is -0.833. The third-order valence-electron chi connectivity index (χ3n) is 0.165. The topological polar surface area (TPSA) is 127 Å². The van der Waals surface area contributed by atoms with E-state index in [-0.39, 0.29) is 0 Å². The van der Waals surface area contributed by atoms with Gasteiger partial charge in [-0.15, -0.1) is 0 Å². The van der Waals surface area contributed by atoms with E-state index in [9.17, 15) is 13.2 Å². The van der Waals surface area contributed by atoms with E-state index < -0.39 is 22.5 Å². The van der Waals surface area contributed by atoms with Crippen LogP contribution in [0, 0.1) is 0 Å². The predicted octanol–water partition coefficient (Wildman–Crippen LogP) is -0.781. The number of hydrogen-bond acceptors (Lipinski definition) is 4. The molecular weight excluding hydrogens is 176 g/mol. The molecule has 0 atom stereocenters. The van der Waals surface area contributed by atoms with E-state index in [4.69, 9.17) is 9.90 Å². The Morgan fingerprint density at radius 3 is 1.73 bits per heavy atom. The van der Waals surface area contributed by atoms with Crippen molar-refractivity contribution >= 4 is 22.5 Å². The van der Waals surface area contributed by atoms with Gasteiger partial charge in [-0.2, -0.15) is 8.42 Å². The number of carboxylic acids is 1. The van der Waals surface area contributed by atoms with Crippen molar-refractivity contribution in [2.45, 2.75) is 6.92 Å². The molecule has 11 heavy (non-hydrogen) atoms. The van der Waals surface area contributed by atoms with Crippen LogP contribution in [0.2, 0.25) is 0 Å². The van der Waals surface area contributed by atoms with Gasteiger partial charge in [0.25, 0.3) is 5.97 Å². The summed E-state index contributed by atoms with van der Waals surface area (Å²) in [6.45, 7) is 1.08. The van der Waals surface area contributed by atoms with E-state index >= 15 is 0 Å². The molecule has 0 aromatic carbocycles. The second kappa shape index (κ2) is 6.68. The van der Waals surface area contributed by atoms with Crippen LogP contribution in [0.1, 0.15) is 6.92 Å². The molecule has 3 N–H and O–H groups in total. The summed E-state index contributed by atoms with van der Waals surface area (Å²) in [6, 6.07) is -1.20. The Morgan fingerprint density at radius 1 is 1.45 bits per heavy atom. The quantitative estimate of drug-likeness (QED) is 0.507. The van der Waals surface area contributed by atoms with Gasteiger partial charge in [-0.05, 0) is 0 Å². The largest absolute Gasteiger partial charge is 0.481 e. The van der Waals surface area contributed by atoms with Crippen molar-refractivity contribution < 1.29 is 23.1 Å². The fraction of sp³-hybridized carbons (Fsp3) is 0.333. The highest BCUT2D eigenvalue weighted by Crippen LogP contribution is 1.60. The zero-order valence-corrected chi connectivity index (χ0v) is 6.33. The number of urea groups is 1. The maximum absolute atomic E-state index is 9.47. The molecule has 0 radical (unpaired) electrons. The Labute approximate surface area is 63.5 Å². The number of carbonyl (C=O) groups is 2. The SMILES string of the molecule is CC(=O)O.NC(=O)N=S(=O)=O. The Kier molecular flexibility index (Phi) is 7.44. The van der Waals surface area contributed by atoms with Crippen LogP contribution in [0.3, 0.4) is 0 Å². The van der Waals surface area contributed by atoms with Crippen LogP contribution in [0.25, 0.3) is 0 Å². The lowest BCUT2D eigenvalue weighted by atomic mass is 10.9. The molecule has 8 heteroatoms. The zero-order valence-electron chi connectivity index (χ0n) is 5.51. The van der Waals surface area contributed by atoms with Gasteiger partial charge in [0.15, 0.2) is 0 Å². The molecule has 0 spiro atoms. The maximum atomic E-state index is 9.47. The van der Waals surface area contributed by atoms with Crippen LogP contribution < -0.4 is 5.73 Å². The number of rotatable bonds is 0. The molecule has 0 unspecified atom stereocenters. The van der Waals surface area contributed by atoms with Crippen LogP contribution in [-0.2, 0) is 15.3 Å². The summed E-state index contributed by atoms with van der Waals surface area (Å²) >= 11 is 0. The molecule has 64 valence electrons. The van der Waals surface area contributed by atoms with Gasteiger partial charge in [-0.1, -0.05) is 4.36 Å². The van der Waals surface area contributed by atoms with Gasteiger partial charge in [-0.25, -0.2) is 4.79 Å². The third-order valence-corrected chi connectivity index (χ3v) is 0.494. The van der Waals surface area contributed by atoms with Crippen LogP contribution in [0.4, 0.5) is 4.79 Å². The molecule has 7 nitrogen and oxygen atoms in total. The van der Waals surface area contributed by atoms with Crippen molar-refractivity contribution in [3.8, 4) is 0 Å². The molecule has 0 aromatic rings. The van der Waals surface area contributed by atoms with Gasteiger partial charge >= 0.3 is 16.5 Å². The monoisotopic (exact) mass is 182 g/mol. The molecular formula is C3H6N2O5S. The molecule has 2 amide bonds. The fourth-order valence-corrected chi connectivity index (χ4v) is 0.220.